The van der Waals surface area contributed by atoms with E-state index in [1.165, 1.54) is 0 Å². The highest BCUT2D eigenvalue weighted by Gasteiger charge is 2.34. The van der Waals surface area contributed by atoms with Gasteiger partial charge in [0.25, 0.3) is 0 Å². The van der Waals surface area contributed by atoms with Crippen LogP contribution in [0, 0.1) is 0 Å². The Bertz CT molecular complexity index is 896. The third-order valence-electron chi connectivity index (χ3n) is 3.81. The van der Waals surface area contributed by atoms with Crippen molar-refractivity contribution in [1.29, 1.82) is 0 Å². The van der Waals surface area contributed by atoms with Crippen molar-refractivity contribution in [2.45, 2.75) is 9.79 Å². The lowest BCUT2D eigenvalue weighted by atomic mass is 10.2. The summed E-state index contributed by atoms with van der Waals surface area (Å²) in [4.78, 5) is 2.68. The van der Waals surface area contributed by atoms with E-state index in [9.17, 15) is 8.42 Å². The van der Waals surface area contributed by atoms with Crippen molar-refractivity contribution in [1.82, 2.24) is 0 Å². The molecule has 108 valence electrons. The number of hydrogen-bond acceptors (Lipinski definition) is 3. The van der Waals surface area contributed by atoms with Crippen LogP contribution in [0.1, 0.15) is 0 Å². The number of nitrogens with zero attached hydrogens (tertiary/aromatic N) is 1. The maximum atomic E-state index is 12.8. The Balaban J connectivity index is 2.10. The van der Waals surface area contributed by atoms with Gasteiger partial charge in [-0.15, -0.1) is 0 Å². The van der Waals surface area contributed by atoms with Crippen molar-refractivity contribution >= 4 is 26.9 Å². The molecule has 0 radical (unpaired) electrons. The molecular formula is C18H13NO2S. The predicted molar refractivity (Wildman–Crippen MR) is 86.6 cm³/mol. The number of para-hydroxylation sites is 3. The van der Waals surface area contributed by atoms with Crippen molar-refractivity contribution in [3.63, 3.8) is 0 Å². The Morgan fingerprint density at radius 3 is 1.59 bits per heavy atom. The lowest BCUT2D eigenvalue weighted by molar-refractivity contribution is 0.595. The fraction of sp³-hybridized carbons (Fsp3) is 0. The van der Waals surface area contributed by atoms with Crippen LogP contribution in [-0.2, 0) is 9.84 Å². The number of anilines is 3. The molecule has 1 heterocycles. The molecule has 3 nitrogen and oxygen atoms in total. The first-order valence-corrected chi connectivity index (χ1v) is 8.46. The van der Waals surface area contributed by atoms with Gasteiger partial charge in [-0.3, -0.25) is 0 Å². The second kappa shape index (κ2) is 4.71. The Labute approximate surface area is 129 Å². The van der Waals surface area contributed by atoms with Gasteiger partial charge < -0.3 is 4.90 Å². The van der Waals surface area contributed by atoms with Crippen LogP contribution in [0.3, 0.4) is 0 Å². The van der Waals surface area contributed by atoms with Gasteiger partial charge in [0.05, 0.1) is 21.2 Å². The highest BCUT2D eigenvalue weighted by Crippen LogP contribution is 2.47. The third kappa shape index (κ3) is 1.77. The molecule has 4 rings (SSSR count). The van der Waals surface area contributed by atoms with Crippen LogP contribution in [0.2, 0.25) is 0 Å². The highest BCUT2D eigenvalue weighted by molar-refractivity contribution is 7.92. The Morgan fingerprint density at radius 1 is 0.591 bits per heavy atom. The van der Waals surface area contributed by atoms with E-state index in [0.29, 0.717) is 21.2 Å². The van der Waals surface area contributed by atoms with E-state index >= 15 is 0 Å². The molecule has 0 spiro atoms. The minimum absolute atomic E-state index is 0.345. The first-order chi connectivity index (χ1) is 10.7. The van der Waals surface area contributed by atoms with E-state index < -0.39 is 9.84 Å². The van der Waals surface area contributed by atoms with E-state index in [1.54, 1.807) is 24.3 Å². The maximum absolute atomic E-state index is 12.8. The summed E-state index contributed by atoms with van der Waals surface area (Å²) < 4.78 is 25.7. The summed E-state index contributed by atoms with van der Waals surface area (Å²) in [7, 11) is -3.48. The number of hydrogen-bond donors (Lipinski definition) is 0. The van der Waals surface area contributed by atoms with Crippen molar-refractivity contribution in [3.8, 4) is 0 Å². The highest BCUT2D eigenvalue weighted by atomic mass is 32.2. The molecule has 1 aliphatic heterocycles. The number of rotatable bonds is 1. The molecule has 0 amide bonds. The van der Waals surface area contributed by atoms with E-state index in [4.69, 9.17) is 0 Å². The lowest BCUT2D eigenvalue weighted by Crippen LogP contribution is -2.21. The molecule has 0 fully saturated rings. The van der Waals surface area contributed by atoms with E-state index in [2.05, 4.69) is 0 Å². The molecule has 3 aromatic carbocycles. The average molecular weight is 307 g/mol. The van der Waals surface area contributed by atoms with Gasteiger partial charge in [0.2, 0.25) is 9.84 Å². The summed E-state index contributed by atoms with van der Waals surface area (Å²) in [5.41, 5.74) is 2.32. The van der Waals surface area contributed by atoms with Gasteiger partial charge in [-0.1, -0.05) is 42.5 Å². The topological polar surface area (TPSA) is 37.4 Å². The van der Waals surface area contributed by atoms with Gasteiger partial charge in [0.1, 0.15) is 0 Å². The van der Waals surface area contributed by atoms with Crippen molar-refractivity contribution in [2.24, 2.45) is 0 Å². The molecule has 1 aliphatic rings. The SMILES string of the molecule is O=S1(=O)c2ccccc2N(c2ccccc2)c2ccccc21. The van der Waals surface area contributed by atoms with Gasteiger partial charge >= 0.3 is 0 Å². The predicted octanol–water partition coefficient (Wildman–Crippen LogP) is 4.30. The van der Waals surface area contributed by atoms with E-state index in [-0.39, 0.29) is 0 Å². The van der Waals surface area contributed by atoms with Crippen molar-refractivity contribution in [3.05, 3.63) is 78.9 Å². The normalized spacial score (nSPS) is 15.0. The fourth-order valence-corrected chi connectivity index (χ4v) is 4.46. The Morgan fingerprint density at radius 2 is 1.05 bits per heavy atom. The zero-order valence-corrected chi connectivity index (χ0v) is 12.5. The second-order valence-electron chi connectivity index (χ2n) is 5.11. The molecule has 0 aromatic heterocycles. The Hall–Kier alpha value is -2.59. The number of sulfone groups is 1. The van der Waals surface area contributed by atoms with Gasteiger partial charge in [-0.2, -0.15) is 0 Å². The number of fused-ring (bicyclic) bond motifs is 2. The summed E-state index contributed by atoms with van der Waals surface area (Å²) in [6, 6.07) is 24.0. The zero-order valence-electron chi connectivity index (χ0n) is 11.7. The van der Waals surface area contributed by atoms with Crippen LogP contribution in [0.25, 0.3) is 0 Å². The molecule has 0 aliphatic carbocycles. The molecule has 4 heteroatoms. The quantitative estimate of drug-likeness (QED) is 0.526. The van der Waals surface area contributed by atoms with Crippen LogP contribution in [0.15, 0.2) is 88.7 Å². The summed E-state index contributed by atoms with van der Waals surface area (Å²) in [5, 5.41) is 0. The lowest BCUT2D eigenvalue weighted by Gasteiger charge is -2.32. The summed E-state index contributed by atoms with van der Waals surface area (Å²) in [6.45, 7) is 0. The molecule has 3 aromatic rings. The zero-order chi connectivity index (χ0) is 15.2. The molecule has 0 unspecified atom stereocenters. The molecule has 0 atom stereocenters. The van der Waals surface area contributed by atoms with Crippen molar-refractivity contribution < 1.29 is 8.42 Å². The van der Waals surface area contributed by atoms with Gasteiger partial charge in [0, 0.05) is 5.69 Å². The average Bonchev–Trinajstić information content (AvgIpc) is 2.56. The van der Waals surface area contributed by atoms with Gasteiger partial charge in [0.15, 0.2) is 0 Å². The molecule has 0 saturated heterocycles. The minimum atomic E-state index is -3.48. The minimum Gasteiger partial charge on any atom is -0.308 e. The first-order valence-electron chi connectivity index (χ1n) is 6.98. The van der Waals surface area contributed by atoms with Crippen LogP contribution >= 0.6 is 0 Å². The standard InChI is InChI=1S/C18H13NO2S/c20-22(21)17-12-6-4-10-15(17)19(14-8-2-1-3-9-14)16-11-5-7-13-18(16)22/h1-13H. The van der Waals surface area contributed by atoms with E-state index in [1.807, 2.05) is 59.5 Å². The summed E-state index contributed by atoms with van der Waals surface area (Å²) in [5.74, 6) is 0. The van der Waals surface area contributed by atoms with Crippen LogP contribution < -0.4 is 4.90 Å². The van der Waals surface area contributed by atoms with Crippen LogP contribution in [0.4, 0.5) is 17.1 Å². The summed E-state index contributed by atoms with van der Waals surface area (Å²) in [6.07, 6.45) is 0. The van der Waals surface area contributed by atoms with Crippen LogP contribution in [-0.4, -0.2) is 8.42 Å². The van der Waals surface area contributed by atoms with Crippen molar-refractivity contribution in [2.75, 3.05) is 4.90 Å². The molecule has 0 bridgehead atoms. The van der Waals surface area contributed by atoms with E-state index in [0.717, 1.165) is 5.69 Å². The molecule has 0 N–H and O–H groups in total. The molecule has 22 heavy (non-hydrogen) atoms. The fourth-order valence-electron chi connectivity index (χ4n) is 2.84. The van der Waals surface area contributed by atoms with Gasteiger partial charge in [-0.25, -0.2) is 8.42 Å². The summed E-state index contributed by atoms with van der Waals surface area (Å²) >= 11 is 0. The van der Waals surface area contributed by atoms with Crippen LogP contribution in [0.5, 0.6) is 0 Å². The first kappa shape index (κ1) is 13.1. The molecule has 0 saturated carbocycles. The second-order valence-corrected chi connectivity index (χ2v) is 7.00. The largest absolute Gasteiger partial charge is 0.308 e. The maximum Gasteiger partial charge on any atom is 0.210 e. The monoisotopic (exact) mass is 307 g/mol. The Kier molecular flexibility index (Phi) is 2.81. The third-order valence-corrected chi connectivity index (χ3v) is 5.65. The van der Waals surface area contributed by atoms with Gasteiger partial charge in [-0.05, 0) is 36.4 Å². The molecular weight excluding hydrogens is 294 g/mol. The smallest absolute Gasteiger partial charge is 0.210 e. The number of benzene rings is 3.